The highest BCUT2D eigenvalue weighted by atomic mass is 79.9. The molecule has 1 unspecified atom stereocenters. The van der Waals surface area contributed by atoms with Gasteiger partial charge >= 0.3 is 0 Å². The van der Waals surface area contributed by atoms with Crippen LogP contribution in [0.5, 0.6) is 0 Å². The van der Waals surface area contributed by atoms with E-state index in [4.69, 9.17) is 0 Å². The Balaban J connectivity index is 2.31. The highest BCUT2D eigenvalue weighted by Gasteiger charge is 2.06. The third-order valence-electron chi connectivity index (χ3n) is 2.92. The maximum absolute atomic E-state index is 4.40. The Morgan fingerprint density at radius 3 is 2.56 bits per heavy atom. The van der Waals surface area contributed by atoms with Crippen LogP contribution in [0, 0.1) is 5.92 Å². The van der Waals surface area contributed by atoms with Crippen molar-refractivity contribution >= 4 is 31.9 Å². The zero-order valence-corrected chi connectivity index (χ0v) is 14.5. The SMILES string of the molecule is CC(C)CCCC(C)NCc1ncc(Br)cc1Br. The molecule has 0 aliphatic rings. The fourth-order valence-electron chi connectivity index (χ4n) is 1.78. The molecular formula is C14H22Br2N2. The Hall–Kier alpha value is 0.0700. The lowest BCUT2D eigenvalue weighted by Crippen LogP contribution is -2.26. The number of hydrogen-bond acceptors (Lipinski definition) is 2. The molecule has 1 aromatic heterocycles. The van der Waals surface area contributed by atoms with Gasteiger partial charge in [0.2, 0.25) is 0 Å². The van der Waals surface area contributed by atoms with Gasteiger partial charge in [0.05, 0.1) is 5.69 Å². The smallest absolute Gasteiger partial charge is 0.0684 e. The molecule has 0 aromatic carbocycles. The molecule has 0 fully saturated rings. The molecule has 4 heteroatoms. The van der Waals surface area contributed by atoms with E-state index in [2.05, 4.69) is 62.9 Å². The topological polar surface area (TPSA) is 24.9 Å². The summed E-state index contributed by atoms with van der Waals surface area (Å²) in [7, 11) is 0. The summed E-state index contributed by atoms with van der Waals surface area (Å²) < 4.78 is 2.06. The normalized spacial score (nSPS) is 13.0. The molecule has 0 amide bonds. The molecule has 0 bridgehead atoms. The Bertz CT molecular complexity index is 367. The van der Waals surface area contributed by atoms with Crippen LogP contribution in [-0.2, 0) is 6.54 Å². The third-order valence-corrected chi connectivity index (χ3v) is 4.04. The maximum atomic E-state index is 4.40. The highest BCUT2D eigenvalue weighted by Crippen LogP contribution is 2.19. The fourth-order valence-corrected chi connectivity index (χ4v) is 2.91. The molecule has 0 aliphatic carbocycles. The van der Waals surface area contributed by atoms with E-state index in [1.165, 1.54) is 19.3 Å². The minimum absolute atomic E-state index is 0.543. The molecule has 102 valence electrons. The van der Waals surface area contributed by atoms with Crippen molar-refractivity contribution in [2.75, 3.05) is 0 Å². The molecule has 0 radical (unpaired) electrons. The molecule has 0 spiro atoms. The summed E-state index contributed by atoms with van der Waals surface area (Å²) in [6, 6.07) is 2.58. The third kappa shape index (κ3) is 6.30. The molecule has 0 saturated carbocycles. The molecule has 0 aliphatic heterocycles. The van der Waals surface area contributed by atoms with E-state index in [0.717, 1.165) is 27.1 Å². The van der Waals surface area contributed by atoms with Crippen molar-refractivity contribution in [3.05, 3.63) is 26.9 Å². The van der Waals surface area contributed by atoms with E-state index in [1.807, 2.05) is 12.3 Å². The van der Waals surface area contributed by atoms with E-state index < -0.39 is 0 Å². The van der Waals surface area contributed by atoms with Gasteiger partial charge in [-0.05, 0) is 57.2 Å². The summed E-state index contributed by atoms with van der Waals surface area (Å²) in [6.07, 6.45) is 5.67. The van der Waals surface area contributed by atoms with E-state index >= 15 is 0 Å². The first-order valence-electron chi connectivity index (χ1n) is 6.52. The largest absolute Gasteiger partial charge is 0.309 e. The predicted molar refractivity (Wildman–Crippen MR) is 84.6 cm³/mol. The van der Waals surface area contributed by atoms with Gasteiger partial charge in [0.25, 0.3) is 0 Å². The van der Waals surface area contributed by atoms with Crippen molar-refractivity contribution < 1.29 is 0 Å². The van der Waals surface area contributed by atoms with E-state index in [-0.39, 0.29) is 0 Å². The number of halogens is 2. The van der Waals surface area contributed by atoms with Gasteiger partial charge in [-0.1, -0.05) is 26.7 Å². The van der Waals surface area contributed by atoms with Crippen molar-refractivity contribution in [1.29, 1.82) is 0 Å². The van der Waals surface area contributed by atoms with Crippen molar-refractivity contribution in [2.24, 2.45) is 5.92 Å². The van der Waals surface area contributed by atoms with Gasteiger partial charge in [-0.15, -0.1) is 0 Å². The van der Waals surface area contributed by atoms with E-state index in [9.17, 15) is 0 Å². The molecule has 1 atom stereocenters. The standard InChI is InChI=1S/C14H22Br2N2/c1-10(2)5-4-6-11(3)17-9-14-13(16)7-12(15)8-18-14/h7-8,10-11,17H,4-6,9H2,1-3H3. The van der Waals surface area contributed by atoms with Crippen LogP contribution in [0.1, 0.15) is 45.7 Å². The lowest BCUT2D eigenvalue weighted by molar-refractivity contribution is 0.455. The first-order chi connectivity index (χ1) is 8.49. The zero-order valence-electron chi connectivity index (χ0n) is 11.3. The average molecular weight is 378 g/mol. The van der Waals surface area contributed by atoms with E-state index in [1.54, 1.807) is 0 Å². The number of nitrogens with one attached hydrogen (secondary N) is 1. The molecule has 18 heavy (non-hydrogen) atoms. The number of hydrogen-bond donors (Lipinski definition) is 1. The van der Waals surface area contributed by atoms with Crippen LogP contribution >= 0.6 is 31.9 Å². The first kappa shape index (κ1) is 16.1. The first-order valence-corrected chi connectivity index (χ1v) is 8.11. The second kappa shape index (κ2) is 8.28. The lowest BCUT2D eigenvalue weighted by atomic mass is 10.0. The average Bonchev–Trinajstić information content (AvgIpc) is 2.27. The molecular weight excluding hydrogens is 356 g/mol. The van der Waals surface area contributed by atoms with Crippen LogP contribution in [0.2, 0.25) is 0 Å². The second-order valence-electron chi connectivity index (χ2n) is 5.19. The minimum Gasteiger partial charge on any atom is -0.309 e. The van der Waals surface area contributed by atoms with Gasteiger partial charge in [-0.3, -0.25) is 4.98 Å². The summed E-state index contributed by atoms with van der Waals surface area (Å²) >= 11 is 6.95. The summed E-state index contributed by atoms with van der Waals surface area (Å²) in [5, 5.41) is 3.53. The van der Waals surface area contributed by atoms with Crippen LogP contribution in [0.4, 0.5) is 0 Å². The van der Waals surface area contributed by atoms with Gasteiger partial charge in [-0.2, -0.15) is 0 Å². The second-order valence-corrected chi connectivity index (χ2v) is 6.96. The molecule has 1 rings (SSSR count). The number of aromatic nitrogens is 1. The van der Waals surface area contributed by atoms with Crippen molar-refractivity contribution in [3.63, 3.8) is 0 Å². The van der Waals surface area contributed by atoms with Gasteiger partial charge in [-0.25, -0.2) is 0 Å². The van der Waals surface area contributed by atoms with Crippen molar-refractivity contribution in [1.82, 2.24) is 10.3 Å². The van der Waals surface area contributed by atoms with Gasteiger partial charge in [0.15, 0.2) is 0 Å². The van der Waals surface area contributed by atoms with Gasteiger partial charge in [0, 0.05) is 27.7 Å². The monoisotopic (exact) mass is 376 g/mol. The molecule has 1 heterocycles. The van der Waals surface area contributed by atoms with Gasteiger partial charge < -0.3 is 5.32 Å². The maximum Gasteiger partial charge on any atom is 0.0684 e. The Morgan fingerprint density at radius 1 is 1.22 bits per heavy atom. The molecule has 1 N–H and O–H groups in total. The van der Waals surface area contributed by atoms with Crippen LogP contribution in [0.3, 0.4) is 0 Å². The predicted octanol–water partition coefficient (Wildman–Crippen LogP) is 4.91. The zero-order chi connectivity index (χ0) is 13.5. The van der Waals surface area contributed by atoms with Crippen molar-refractivity contribution in [3.8, 4) is 0 Å². The number of nitrogens with zero attached hydrogens (tertiary/aromatic N) is 1. The summed E-state index contributed by atoms with van der Waals surface area (Å²) in [4.78, 5) is 4.40. The van der Waals surface area contributed by atoms with Gasteiger partial charge in [0.1, 0.15) is 0 Å². The summed E-state index contributed by atoms with van der Waals surface area (Å²) in [6.45, 7) is 7.62. The number of pyridine rings is 1. The van der Waals surface area contributed by atoms with Crippen LogP contribution in [0.25, 0.3) is 0 Å². The van der Waals surface area contributed by atoms with Crippen LogP contribution < -0.4 is 5.32 Å². The summed E-state index contributed by atoms with van der Waals surface area (Å²) in [5.41, 5.74) is 1.06. The Morgan fingerprint density at radius 2 is 1.94 bits per heavy atom. The van der Waals surface area contributed by atoms with E-state index in [0.29, 0.717) is 6.04 Å². The summed E-state index contributed by atoms with van der Waals surface area (Å²) in [5.74, 6) is 0.805. The number of rotatable bonds is 7. The minimum atomic E-state index is 0.543. The molecule has 2 nitrogen and oxygen atoms in total. The quantitative estimate of drug-likeness (QED) is 0.729. The fraction of sp³-hybridized carbons (Fsp3) is 0.643. The molecule has 0 saturated heterocycles. The Labute approximate surface area is 127 Å². The Kier molecular flexibility index (Phi) is 7.42. The molecule has 1 aromatic rings. The van der Waals surface area contributed by atoms with Crippen LogP contribution in [0.15, 0.2) is 21.2 Å². The lowest BCUT2D eigenvalue weighted by Gasteiger charge is -2.14. The van der Waals surface area contributed by atoms with Crippen LogP contribution in [-0.4, -0.2) is 11.0 Å². The highest BCUT2D eigenvalue weighted by molar-refractivity contribution is 9.11. The van der Waals surface area contributed by atoms with Crippen molar-refractivity contribution in [2.45, 2.75) is 52.6 Å².